The van der Waals surface area contributed by atoms with Crippen molar-refractivity contribution in [1.29, 1.82) is 0 Å². The number of aromatic nitrogens is 1. The van der Waals surface area contributed by atoms with E-state index in [-0.39, 0.29) is 0 Å². The van der Waals surface area contributed by atoms with Gasteiger partial charge in [0.1, 0.15) is 0 Å². The van der Waals surface area contributed by atoms with Gasteiger partial charge in [-0.05, 0) is 30.0 Å². The molecule has 2 aromatic rings. The van der Waals surface area contributed by atoms with Gasteiger partial charge in [-0.15, -0.1) is 0 Å². The number of aliphatic imine (C=N–C) groups is 1. The summed E-state index contributed by atoms with van der Waals surface area (Å²) in [5.74, 6) is 1.26. The topological polar surface area (TPSA) is 50.6 Å². The van der Waals surface area contributed by atoms with Crippen LogP contribution in [-0.4, -0.2) is 30.2 Å². The molecule has 1 heterocycles. The van der Waals surface area contributed by atoms with E-state index in [0.717, 1.165) is 25.7 Å². The fraction of sp³-hybridized carbons (Fsp3) is 0.450. The first-order valence-electron chi connectivity index (χ1n) is 8.92. The minimum atomic E-state index is 0.407. The van der Waals surface area contributed by atoms with Gasteiger partial charge in [0.25, 0.3) is 0 Å². The number of rotatable bonds is 9. The van der Waals surface area contributed by atoms with Crippen LogP contribution in [0.1, 0.15) is 25.0 Å². The van der Waals surface area contributed by atoms with Gasteiger partial charge in [0.2, 0.25) is 0 Å². The van der Waals surface area contributed by atoms with Crippen molar-refractivity contribution in [3.63, 3.8) is 0 Å². The molecule has 2 N–H and O–H groups in total. The molecule has 0 spiro atoms. The van der Waals surface area contributed by atoms with E-state index in [2.05, 4.69) is 53.9 Å². The second-order valence-corrected chi connectivity index (χ2v) is 6.37. The number of nitrogens with zero attached hydrogens (tertiary/aromatic N) is 2. The highest BCUT2D eigenvalue weighted by Gasteiger charge is 2.05. The number of ether oxygens (including phenoxy) is 1. The van der Waals surface area contributed by atoms with Crippen molar-refractivity contribution in [1.82, 2.24) is 15.2 Å². The molecule has 0 amide bonds. The molecule has 0 aliphatic carbocycles. The number of hydrogen-bond acceptors (Lipinski definition) is 2. The summed E-state index contributed by atoms with van der Waals surface area (Å²) in [4.78, 5) is 4.64. The Balaban J connectivity index is 1.71. The van der Waals surface area contributed by atoms with Crippen LogP contribution in [0.5, 0.6) is 0 Å². The lowest BCUT2D eigenvalue weighted by molar-refractivity contribution is 0.0931. The van der Waals surface area contributed by atoms with Crippen molar-refractivity contribution >= 4 is 5.96 Å². The number of nitrogens with one attached hydrogen (secondary N) is 2. The van der Waals surface area contributed by atoms with Crippen LogP contribution in [0.25, 0.3) is 0 Å². The smallest absolute Gasteiger partial charge is 0.191 e. The van der Waals surface area contributed by atoms with Gasteiger partial charge in [-0.25, -0.2) is 4.99 Å². The van der Waals surface area contributed by atoms with Crippen LogP contribution in [0.4, 0.5) is 0 Å². The number of aryl methyl sites for hydroxylation is 1. The lowest BCUT2D eigenvalue weighted by atomic mass is 10.2. The Hall–Kier alpha value is -2.27. The summed E-state index contributed by atoms with van der Waals surface area (Å²) in [5.41, 5.74) is 2.42. The molecule has 2 rings (SSSR count). The van der Waals surface area contributed by atoms with E-state index in [1.54, 1.807) is 0 Å². The van der Waals surface area contributed by atoms with Crippen LogP contribution in [0.15, 0.2) is 53.8 Å². The maximum Gasteiger partial charge on any atom is 0.191 e. The van der Waals surface area contributed by atoms with E-state index in [9.17, 15) is 0 Å². The third kappa shape index (κ3) is 7.44. The van der Waals surface area contributed by atoms with Crippen molar-refractivity contribution in [2.45, 2.75) is 27.0 Å². The molecule has 1 aromatic heterocycles. The molecule has 5 nitrogen and oxygen atoms in total. The highest BCUT2D eigenvalue weighted by Crippen LogP contribution is 2.03. The monoisotopic (exact) mass is 342 g/mol. The Labute approximate surface area is 151 Å². The summed E-state index contributed by atoms with van der Waals surface area (Å²) >= 11 is 0. The summed E-state index contributed by atoms with van der Waals surface area (Å²) in [6.07, 6.45) is 4.13. The molecule has 0 fully saturated rings. The third-order valence-corrected chi connectivity index (χ3v) is 3.79. The first kappa shape index (κ1) is 19.1. The lowest BCUT2D eigenvalue weighted by Gasteiger charge is -2.16. The van der Waals surface area contributed by atoms with Crippen molar-refractivity contribution in [2.24, 2.45) is 18.0 Å². The standard InChI is InChI=1S/C20H30N4O/c1-4-21-20(23-13-19-10-11-24(3)14-19)22-12-17(2)15-25-16-18-8-6-5-7-9-18/h5-11,14,17H,4,12-13,15-16H2,1-3H3,(H2,21,22,23). The Morgan fingerprint density at radius 1 is 1.16 bits per heavy atom. The van der Waals surface area contributed by atoms with Gasteiger partial charge in [0, 0.05) is 32.5 Å². The van der Waals surface area contributed by atoms with Crippen LogP contribution in [0, 0.1) is 5.92 Å². The number of benzene rings is 1. The number of hydrogen-bond donors (Lipinski definition) is 2. The Morgan fingerprint density at radius 2 is 1.96 bits per heavy atom. The van der Waals surface area contributed by atoms with Gasteiger partial charge in [-0.1, -0.05) is 37.3 Å². The molecule has 0 saturated heterocycles. The largest absolute Gasteiger partial charge is 0.376 e. The van der Waals surface area contributed by atoms with Crippen LogP contribution in [0.2, 0.25) is 0 Å². The van der Waals surface area contributed by atoms with E-state index < -0.39 is 0 Å². The summed E-state index contributed by atoms with van der Waals surface area (Å²) in [7, 11) is 2.02. The van der Waals surface area contributed by atoms with Crippen LogP contribution < -0.4 is 10.6 Å². The maximum atomic E-state index is 5.80. The van der Waals surface area contributed by atoms with E-state index in [0.29, 0.717) is 19.1 Å². The Bertz CT molecular complexity index is 636. The Morgan fingerprint density at radius 3 is 2.64 bits per heavy atom. The molecule has 25 heavy (non-hydrogen) atoms. The predicted octanol–water partition coefficient (Wildman–Crippen LogP) is 2.93. The summed E-state index contributed by atoms with van der Waals surface area (Å²) in [6.45, 7) is 7.99. The summed E-state index contributed by atoms with van der Waals surface area (Å²) in [5, 5.41) is 6.69. The SMILES string of the molecule is CCNC(=NCc1ccn(C)c1)NCC(C)COCc1ccccc1. The third-order valence-electron chi connectivity index (χ3n) is 3.79. The van der Waals surface area contributed by atoms with Crippen molar-refractivity contribution in [3.8, 4) is 0 Å². The van der Waals surface area contributed by atoms with E-state index in [4.69, 9.17) is 4.74 Å². The maximum absolute atomic E-state index is 5.80. The van der Waals surface area contributed by atoms with E-state index >= 15 is 0 Å². The molecule has 0 bridgehead atoms. The normalized spacial score (nSPS) is 12.8. The van der Waals surface area contributed by atoms with E-state index in [1.165, 1.54) is 11.1 Å². The zero-order valence-corrected chi connectivity index (χ0v) is 15.5. The Kier molecular flexibility index (Phi) is 8.05. The lowest BCUT2D eigenvalue weighted by Crippen LogP contribution is -2.40. The molecule has 0 aliphatic heterocycles. The fourth-order valence-electron chi connectivity index (χ4n) is 2.45. The van der Waals surface area contributed by atoms with Gasteiger partial charge in [-0.3, -0.25) is 0 Å². The minimum Gasteiger partial charge on any atom is -0.376 e. The van der Waals surface area contributed by atoms with Gasteiger partial charge >= 0.3 is 0 Å². The first-order valence-corrected chi connectivity index (χ1v) is 8.92. The van der Waals surface area contributed by atoms with Gasteiger partial charge in [-0.2, -0.15) is 0 Å². The molecule has 0 radical (unpaired) electrons. The molecule has 5 heteroatoms. The molecular weight excluding hydrogens is 312 g/mol. The fourth-order valence-corrected chi connectivity index (χ4v) is 2.45. The van der Waals surface area contributed by atoms with Crippen molar-refractivity contribution < 1.29 is 4.74 Å². The van der Waals surface area contributed by atoms with Crippen molar-refractivity contribution in [3.05, 3.63) is 59.9 Å². The second-order valence-electron chi connectivity index (χ2n) is 6.37. The minimum absolute atomic E-state index is 0.407. The van der Waals surface area contributed by atoms with Crippen LogP contribution in [-0.2, 0) is 24.9 Å². The number of guanidine groups is 1. The van der Waals surface area contributed by atoms with Crippen LogP contribution in [0.3, 0.4) is 0 Å². The second kappa shape index (κ2) is 10.6. The molecule has 0 saturated carbocycles. The van der Waals surface area contributed by atoms with Crippen molar-refractivity contribution in [2.75, 3.05) is 19.7 Å². The molecule has 0 aliphatic rings. The molecule has 1 unspecified atom stereocenters. The van der Waals surface area contributed by atoms with Gasteiger partial charge < -0.3 is 19.9 Å². The summed E-state index contributed by atoms with van der Waals surface area (Å²) in [6, 6.07) is 12.4. The average molecular weight is 342 g/mol. The highest BCUT2D eigenvalue weighted by atomic mass is 16.5. The van der Waals surface area contributed by atoms with Crippen LogP contribution >= 0.6 is 0 Å². The average Bonchev–Trinajstić information content (AvgIpc) is 3.04. The first-order chi connectivity index (χ1) is 12.2. The quantitative estimate of drug-likeness (QED) is 0.544. The molecule has 136 valence electrons. The zero-order chi connectivity index (χ0) is 17.9. The highest BCUT2D eigenvalue weighted by molar-refractivity contribution is 5.79. The van der Waals surface area contributed by atoms with E-state index in [1.807, 2.05) is 36.0 Å². The summed E-state index contributed by atoms with van der Waals surface area (Å²) < 4.78 is 7.84. The zero-order valence-electron chi connectivity index (χ0n) is 15.5. The molecular formula is C20H30N4O. The predicted molar refractivity (Wildman–Crippen MR) is 103 cm³/mol. The molecule has 1 aromatic carbocycles. The molecule has 1 atom stereocenters. The van der Waals surface area contributed by atoms with Gasteiger partial charge in [0.15, 0.2) is 5.96 Å². The van der Waals surface area contributed by atoms with Gasteiger partial charge in [0.05, 0.1) is 19.8 Å².